The number of carbonyl (C=O) groups is 4. The average molecular weight is 323 g/mol. The number of rotatable bonds is 4. The Morgan fingerprint density at radius 2 is 1.09 bits per heavy atom. The quantitative estimate of drug-likeness (QED) is 0.522. The summed E-state index contributed by atoms with van der Waals surface area (Å²) in [5, 5.41) is 44.3. The molecule has 120 valence electrons. The molecule has 0 unspecified atom stereocenters. The van der Waals surface area contributed by atoms with Crippen molar-refractivity contribution in [2.75, 3.05) is 0 Å². The monoisotopic (exact) mass is 323 g/mol. The fourth-order valence-electron chi connectivity index (χ4n) is 1.47. The van der Waals surface area contributed by atoms with Crippen molar-refractivity contribution >= 4 is 23.9 Å². The van der Waals surface area contributed by atoms with E-state index in [2.05, 4.69) is 15.4 Å². The van der Waals surface area contributed by atoms with E-state index in [-0.39, 0.29) is 0 Å². The molecular formula is C12H9N3O8. The van der Waals surface area contributed by atoms with E-state index in [9.17, 15) is 19.2 Å². The van der Waals surface area contributed by atoms with Gasteiger partial charge in [0.15, 0.2) is 0 Å². The van der Waals surface area contributed by atoms with Crippen LogP contribution in [-0.2, 0) is 0 Å². The number of nitrogens with one attached hydrogen (secondary N) is 1. The maximum Gasteiger partial charge on any atom is 0.336 e. The van der Waals surface area contributed by atoms with Gasteiger partial charge in [0.05, 0.1) is 28.5 Å². The Morgan fingerprint density at radius 1 is 0.739 bits per heavy atom. The lowest BCUT2D eigenvalue weighted by Gasteiger charge is -2.06. The van der Waals surface area contributed by atoms with Crippen LogP contribution in [0, 0.1) is 0 Å². The van der Waals surface area contributed by atoms with Crippen LogP contribution in [0.15, 0.2) is 24.5 Å². The lowest BCUT2D eigenvalue weighted by molar-refractivity contribution is 0.0637. The van der Waals surface area contributed by atoms with Gasteiger partial charge in [0.2, 0.25) is 0 Å². The smallest absolute Gasteiger partial charge is 0.336 e. The van der Waals surface area contributed by atoms with E-state index in [0.717, 1.165) is 0 Å². The standard InChI is InChI=1S/C10H6O8.C2H3N3/c11-7(12)3-1-4(8(13)14)6(10(17)18)2-5(3)9(15)16;1-2-4-5-3-1/h1-2H,(H,11,12)(H,13,14)(H,15,16)(H,17,18);1-2H,(H,3,4,5). The van der Waals surface area contributed by atoms with Crippen LogP contribution in [0.2, 0.25) is 0 Å². The van der Waals surface area contributed by atoms with E-state index in [4.69, 9.17) is 20.4 Å². The maximum atomic E-state index is 10.8. The summed E-state index contributed by atoms with van der Waals surface area (Å²) in [6.45, 7) is 0. The van der Waals surface area contributed by atoms with Crippen LogP contribution in [0.3, 0.4) is 0 Å². The number of carboxylic acids is 4. The third-order valence-corrected chi connectivity index (χ3v) is 2.41. The van der Waals surface area contributed by atoms with Crippen molar-refractivity contribution in [3.63, 3.8) is 0 Å². The van der Waals surface area contributed by atoms with Crippen LogP contribution in [0.5, 0.6) is 0 Å². The fourth-order valence-corrected chi connectivity index (χ4v) is 1.47. The van der Waals surface area contributed by atoms with Crippen LogP contribution in [-0.4, -0.2) is 59.7 Å². The Hall–Kier alpha value is -3.76. The van der Waals surface area contributed by atoms with Crippen LogP contribution < -0.4 is 0 Å². The third-order valence-electron chi connectivity index (χ3n) is 2.41. The number of benzene rings is 1. The number of nitrogens with zero attached hydrogens (tertiary/aromatic N) is 2. The first-order chi connectivity index (χ1) is 10.8. The topological polar surface area (TPSA) is 191 Å². The molecule has 2 aromatic rings. The summed E-state index contributed by atoms with van der Waals surface area (Å²) in [7, 11) is 0. The van der Waals surface area contributed by atoms with Gasteiger partial charge in [-0.3, -0.25) is 5.10 Å². The summed E-state index contributed by atoms with van der Waals surface area (Å²) < 4.78 is 0. The van der Waals surface area contributed by atoms with Gasteiger partial charge in [-0.2, -0.15) is 0 Å². The fraction of sp³-hybridized carbons (Fsp3) is 0. The zero-order valence-corrected chi connectivity index (χ0v) is 11.1. The van der Waals surface area contributed by atoms with Gasteiger partial charge in [-0.1, -0.05) is 5.21 Å². The highest BCUT2D eigenvalue weighted by molar-refractivity contribution is 6.09. The molecule has 0 aliphatic heterocycles. The molecule has 1 heterocycles. The van der Waals surface area contributed by atoms with Crippen molar-refractivity contribution in [2.45, 2.75) is 0 Å². The number of H-pyrrole nitrogens is 1. The molecule has 2 rings (SSSR count). The highest BCUT2D eigenvalue weighted by Gasteiger charge is 2.24. The second kappa shape index (κ2) is 7.31. The normalized spacial score (nSPS) is 9.39. The van der Waals surface area contributed by atoms with E-state index in [1.807, 2.05) is 0 Å². The first kappa shape index (κ1) is 17.3. The van der Waals surface area contributed by atoms with Gasteiger partial charge < -0.3 is 20.4 Å². The minimum absolute atomic E-state index is 0.511. The third kappa shape index (κ3) is 4.35. The molecule has 1 aromatic heterocycles. The lowest BCUT2D eigenvalue weighted by Crippen LogP contribution is -2.15. The van der Waals surface area contributed by atoms with E-state index < -0.39 is 46.1 Å². The summed E-state index contributed by atoms with van der Waals surface area (Å²) in [4.78, 5) is 43.1. The van der Waals surface area contributed by atoms with Gasteiger partial charge in [0, 0.05) is 6.20 Å². The summed E-state index contributed by atoms with van der Waals surface area (Å²) in [5.41, 5.74) is -3.15. The summed E-state index contributed by atoms with van der Waals surface area (Å²) in [6, 6.07) is 1.02. The Labute approximate surface area is 126 Å². The number of hydrogen-bond acceptors (Lipinski definition) is 6. The minimum atomic E-state index is -1.66. The van der Waals surface area contributed by atoms with Crippen molar-refractivity contribution in [1.82, 2.24) is 15.4 Å². The van der Waals surface area contributed by atoms with Crippen molar-refractivity contribution in [3.8, 4) is 0 Å². The van der Waals surface area contributed by atoms with Gasteiger partial charge in [-0.15, -0.1) is 5.10 Å². The van der Waals surface area contributed by atoms with E-state index >= 15 is 0 Å². The van der Waals surface area contributed by atoms with Crippen molar-refractivity contribution in [1.29, 1.82) is 0 Å². The molecule has 0 atom stereocenters. The van der Waals surface area contributed by atoms with Crippen LogP contribution in [0.4, 0.5) is 0 Å². The molecule has 5 N–H and O–H groups in total. The Balaban J connectivity index is 0.000000446. The first-order valence-electron chi connectivity index (χ1n) is 5.67. The number of aromatic nitrogens is 3. The van der Waals surface area contributed by atoms with Crippen molar-refractivity contribution < 1.29 is 39.6 Å². The Morgan fingerprint density at radius 3 is 1.22 bits per heavy atom. The molecule has 11 nitrogen and oxygen atoms in total. The molecule has 0 aliphatic carbocycles. The molecule has 23 heavy (non-hydrogen) atoms. The largest absolute Gasteiger partial charge is 0.478 e. The van der Waals surface area contributed by atoms with Gasteiger partial charge in [0.1, 0.15) is 0 Å². The van der Waals surface area contributed by atoms with E-state index in [0.29, 0.717) is 12.1 Å². The highest BCUT2D eigenvalue weighted by atomic mass is 16.4. The Bertz CT molecular complexity index is 638. The molecule has 0 bridgehead atoms. The van der Waals surface area contributed by atoms with E-state index in [1.165, 1.54) is 0 Å². The number of aromatic carboxylic acids is 4. The SMILES string of the molecule is O=C(O)c1cc(C(=O)O)c(C(=O)O)cc1C(=O)O.c1c[nH]nn1. The molecule has 11 heteroatoms. The molecular weight excluding hydrogens is 314 g/mol. The number of carboxylic acid groups (broad SMARTS) is 4. The lowest BCUT2D eigenvalue weighted by atomic mass is 9.98. The zero-order chi connectivity index (χ0) is 17.6. The van der Waals surface area contributed by atoms with E-state index in [1.54, 1.807) is 12.4 Å². The second-order valence-corrected chi connectivity index (χ2v) is 3.82. The average Bonchev–Trinajstić information content (AvgIpc) is 3.04. The molecule has 0 aliphatic rings. The molecule has 0 radical (unpaired) electrons. The highest BCUT2D eigenvalue weighted by Crippen LogP contribution is 2.18. The predicted octanol–water partition coefficient (Wildman–Crippen LogP) is 0.284. The molecule has 0 saturated carbocycles. The second-order valence-electron chi connectivity index (χ2n) is 3.82. The summed E-state index contributed by atoms with van der Waals surface area (Å²) in [6.07, 6.45) is 3.24. The predicted molar refractivity (Wildman–Crippen MR) is 70.7 cm³/mol. The first-order valence-corrected chi connectivity index (χ1v) is 5.67. The van der Waals surface area contributed by atoms with Gasteiger partial charge in [-0.05, 0) is 12.1 Å². The molecule has 0 fully saturated rings. The molecule has 0 saturated heterocycles. The van der Waals surface area contributed by atoms with Crippen LogP contribution >= 0.6 is 0 Å². The van der Waals surface area contributed by atoms with Gasteiger partial charge in [-0.25, -0.2) is 19.2 Å². The van der Waals surface area contributed by atoms with Crippen molar-refractivity contribution in [2.24, 2.45) is 0 Å². The number of hydrogen-bond donors (Lipinski definition) is 5. The van der Waals surface area contributed by atoms with Crippen LogP contribution in [0.25, 0.3) is 0 Å². The minimum Gasteiger partial charge on any atom is -0.478 e. The van der Waals surface area contributed by atoms with Crippen LogP contribution in [0.1, 0.15) is 41.4 Å². The molecule has 0 spiro atoms. The summed E-state index contributed by atoms with van der Waals surface area (Å²) in [5.74, 6) is -6.64. The molecule has 0 amide bonds. The summed E-state index contributed by atoms with van der Waals surface area (Å²) >= 11 is 0. The molecule has 1 aromatic carbocycles. The number of aromatic amines is 1. The maximum absolute atomic E-state index is 10.8. The zero-order valence-electron chi connectivity index (χ0n) is 11.1. The van der Waals surface area contributed by atoms with Gasteiger partial charge >= 0.3 is 23.9 Å². The van der Waals surface area contributed by atoms with Gasteiger partial charge in [0.25, 0.3) is 0 Å². The Kier molecular flexibility index (Phi) is 5.49. The van der Waals surface area contributed by atoms with Crippen molar-refractivity contribution in [3.05, 3.63) is 46.8 Å².